The Kier molecular flexibility index (Phi) is 4.59. The maximum Gasteiger partial charge on any atom is 0.0518 e. The topological polar surface area (TPSA) is 9.23 Å². The lowest BCUT2D eigenvalue weighted by Crippen LogP contribution is -2.07. The van der Waals surface area contributed by atoms with Crippen LogP contribution in [0.2, 0.25) is 0 Å². The van der Waals surface area contributed by atoms with Gasteiger partial charge in [-0.05, 0) is 45.4 Å². The van der Waals surface area contributed by atoms with E-state index in [1.54, 1.807) is 0 Å². The molecule has 0 aromatic heterocycles. The summed E-state index contributed by atoms with van der Waals surface area (Å²) in [5.41, 5.74) is 0. The van der Waals surface area contributed by atoms with Crippen LogP contribution in [-0.4, -0.2) is 17.5 Å². The Morgan fingerprint density at radius 1 is 1.42 bits per heavy atom. The normalized spacial score (nSPS) is 20.0. The lowest BCUT2D eigenvalue weighted by molar-refractivity contribution is 0.0758. The van der Waals surface area contributed by atoms with E-state index in [-0.39, 0.29) is 0 Å². The Labute approximate surface area is 84.0 Å². The van der Waals surface area contributed by atoms with Crippen LogP contribution in [0.25, 0.3) is 0 Å². The summed E-state index contributed by atoms with van der Waals surface area (Å²) in [5.74, 6) is 0.976. The van der Waals surface area contributed by atoms with Gasteiger partial charge in [0, 0.05) is 11.4 Å². The molecule has 0 heterocycles. The maximum absolute atomic E-state index is 5.47. The van der Waals surface area contributed by atoms with E-state index < -0.39 is 0 Å². The van der Waals surface area contributed by atoms with Crippen LogP contribution in [0.5, 0.6) is 0 Å². The molecule has 0 saturated heterocycles. The molecule has 0 aromatic rings. The second kappa shape index (κ2) is 5.23. The summed E-state index contributed by atoms with van der Waals surface area (Å²) >= 11 is 3.72. The summed E-state index contributed by atoms with van der Waals surface area (Å²) < 4.78 is 5.47. The lowest BCUT2D eigenvalue weighted by Gasteiger charge is -2.09. The Morgan fingerprint density at radius 2 is 2.08 bits per heavy atom. The Balaban J connectivity index is 1.87. The highest BCUT2D eigenvalue weighted by Gasteiger charge is 2.28. The quantitative estimate of drug-likeness (QED) is 0.506. The van der Waals surface area contributed by atoms with Crippen molar-refractivity contribution < 1.29 is 4.74 Å². The predicted molar refractivity (Wildman–Crippen MR) is 55.8 cm³/mol. The summed E-state index contributed by atoms with van der Waals surface area (Å²) in [7, 11) is 0. The molecule has 1 rings (SSSR count). The SMILES string of the molecule is CC(C)OCCCC(Br)C1CC1. The van der Waals surface area contributed by atoms with Gasteiger partial charge < -0.3 is 4.74 Å². The van der Waals surface area contributed by atoms with Crippen LogP contribution in [0.4, 0.5) is 0 Å². The smallest absolute Gasteiger partial charge is 0.0518 e. The van der Waals surface area contributed by atoms with Gasteiger partial charge >= 0.3 is 0 Å². The average molecular weight is 235 g/mol. The zero-order chi connectivity index (χ0) is 8.97. The van der Waals surface area contributed by atoms with Crippen LogP contribution in [0.3, 0.4) is 0 Å². The van der Waals surface area contributed by atoms with Crippen molar-refractivity contribution in [1.82, 2.24) is 0 Å². The van der Waals surface area contributed by atoms with Crippen molar-refractivity contribution >= 4 is 15.9 Å². The minimum atomic E-state index is 0.389. The van der Waals surface area contributed by atoms with Crippen molar-refractivity contribution in [1.29, 1.82) is 0 Å². The Hall–Kier alpha value is 0.440. The summed E-state index contributed by atoms with van der Waals surface area (Å²) in [5, 5.41) is 0. The molecule has 0 radical (unpaired) electrons. The van der Waals surface area contributed by atoms with Crippen molar-refractivity contribution in [2.75, 3.05) is 6.61 Å². The fourth-order valence-electron chi connectivity index (χ4n) is 1.29. The van der Waals surface area contributed by atoms with E-state index in [4.69, 9.17) is 4.74 Å². The van der Waals surface area contributed by atoms with Gasteiger partial charge in [0.2, 0.25) is 0 Å². The highest BCUT2D eigenvalue weighted by Crippen LogP contribution is 2.38. The molecule has 1 aliphatic carbocycles. The molecule has 0 aliphatic heterocycles. The van der Waals surface area contributed by atoms with Gasteiger partial charge in [-0.25, -0.2) is 0 Å². The number of hydrogen-bond donors (Lipinski definition) is 0. The van der Waals surface area contributed by atoms with Crippen molar-refractivity contribution in [3.05, 3.63) is 0 Å². The largest absolute Gasteiger partial charge is 0.379 e. The minimum absolute atomic E-state index is 0.389. The van der Waals surface area contributed by atoms with E-state index in [0.29, 0.717) is 6.10 Å². The fraction of sp³-hybridized carbons (Fsp3) is 1.00. The van der Waals surface area contributed by atoms with Gasteiger partial charge in [-0.2, -0.15) is 0 Å². The summed E-state index contributed by atoms with van der Waals surface area (Å²) in [6, 6.07) is 0. The van der Waals surface area contributed by atoms with Crippen LogP contribution < -0.4 is 0 Å². The first kappa shape index (κ1) is 10.5. The van der Waals surface area contributed by atoms with E-state index in [2.05, 4.69) is 29.8 Å². The van der Waals surface area contributed by atoms with E-state index in [9.17, 15) is 0 Å². The first-order valence-electron chi connectivity index (χ1n) is 4.96. The van der Waals surface area contributed by atoms with Gasteiger partial charge in [0.1, 0.15) is 0 Å². The number of rotatable bonds is 6. The molecule has 1 atom stereocenters. The molecule has 1 aliphatic rings. The van der Waals surface area contributed by atoms with Gasteiger partial charge in [0.25, 0.3) is 0 Å². The van der Waals surface area contributed by atoms with Crippen molar-refractivity contribution in [2.45, 2.75) is 50.5 Å². The van der Waals surface area contributed by atoms with Crippen LogP contribution in [0, 0.1) is 5.92 Å². The van der Waals surface area contributed by atoms with E-state index in [1.807, 2.05) is 0 Å². The van der Waals surface area contributed by atoms with Gasteiger partial charge in [0.05, 0.1) is 6.10 Å². The fourth-order valence-corrected chi connectivity index (χ4v) is 2.14. The van der Waals surface area contributed by atoms with Gasteiger partial charge in [0.15, 0.2) is 0 Å². The standard InChI is InChI=1S/C10H19BrO/c1-8(2)12-7-3-4-10(11)9-5-6-9/h8-10H,3-7H2,1-2H3. The number of alkyl halides is 1. The second-order valence-corrected chi connectivity index (χ2v) is 5.09. The molecule has 0 bridgehead atoms. The van der Waals surface area contributed by atoms with Crippen LogP contribution >= 0.6 is 15.9 Å². The molecule has 2 heteroatoms. The molecule has 0 spiro atoms. The zero-order valence-electron chi connectivity index (χ0n) is 8.05. The third kappa shape index (κ3) is 4.46. The molecule has 1 nitrogen and oxygen atoms in total. The summed E-state index contributed by atoms with van der Waals surface area (Å²) in [4.78, 5) is 0.758. The predicted octanol–water partition coefficient (Wildman–Crippen LogP) is 3.37. The molecule has 72 valence electrons. The third-order valence-corrected chi connectivity index (χ3v) is 3.41. The molecular formula is C10H19BrO. The van der Waals surface area contributed by atoms with E-state index in [0.717, 1.165) is 17.4 Å². The van der Waals surface area contributed by atoms with E-state index in [1.165, 1.54) is 25.7 Å². The molecular weight excluding hydrogens is 216 g/mol. The van der Waals surface area contributed by atoms with Crippen LogP contribution in [-0.2, 0) is 4.74 Å². The van der Waals surface area contributed by atoms with Crippen molar-refractivity contribution in [3.63, 3.8) is 0 Å². The molecule has 12 heavy (non-hydrogen) atoms. The summed E-state index contributed by atoms with van der Waals surface area (Å²) in [6.07, 6.45) is 5.73. The first-order valence-corrected chi connectivity index (χ1v) is 5.87. The van der Waals surface area contributed by atoms with Crippen LogP contribution in [0.1, 0.15) is 39.5 Å². The molecule has 1 fully saturated rings. The zero-order valence-corrected chi connectivity index (χ0v) is 9.64. The Morgan fingerprint density at radius 3 is 2.58 bits per heavy atom. The molecule has 1 saturated carbocycles. The van der Waals surface area contributed by atoms with Gasteiger partial charge in [-0.15, -0.1) is 0 Å². The second-order valence-electron chi connectivity index (χ2n) is 3.92. The average Bonchev–Trinajstić information content (AvgIpc) is 2.79. The van der Waals surface area contributed by atoms with Gasteiger partial charge in [-0.1, -0.05) is 15.9 Å². The van der Waals surface area contributed by atoms with Crippen molar-refractivity contribution in [3.8, 4) is 0 Å². The first-order chi connectivity index (χ1) is 5.70. The number of hydrogen-bond acceptors (Lipinski definition) is 1. The third-order valence-electron chi connectivity index (χ3n) is 2.21. The molecule has 0 N–H and O–H groups in total. The highest BCUT2D eigenvalue weighted by atomic mass is 79.9. The molecule has 1 unspecified atom stereocenters. The van der Waals surface area contributed by atoms with Gasteiger partial charge in [-0.3, -0.25) is 0 Å². The Bertz CT molecular complexity index is 121. The van der Waals surface area contributed by atoms with E-state index >= 15 is 0 Å². The molecule has 0 aromatic carbocycles. The minimum Gasteiger partial charge on any atom is -0.379 e. The number of ether oxygens (including phenoxy) is 1. The highest BCUT2D eigenvalue weighted by molar-refractivity contribution is 9.09. The summed E-state index contributed by atoms with van der Waals surface area (Å²) in [6.45, 7) is 5.10. The van der Waals surface area contributed by atoms with Crippen LogP contribution in [0.15, 0.2) is 0 Å². The van der Waals surface area contributed by atoms with Crippen molar-refractivity contribution in [2.24, 2.45) is 5.92 Å². The molecule has 0 amide bonds. The maximum atomic E-state index is 5.47. The lowest BCUT2D eigenvalue weighted by atomic mass is 10.2. The monoisotopic (exact) mass is 234 g/mol. The number of halogens is 1.